The number of benzene rings is 2. The fraction of sp³-hybridized carbons (Fsp3) is 0.250. The van der Waals surface area contributed by atoms with Crippen LogP contribution in [0.3, 0.4) is 0 Å². The third kappa shape index (κ3) is 4.37. The number of carbonyl (C=O) groups excluding carboxylic acids is 1. The van der Waals surface area contributed by atoms with Crippen LogP contribution in [-0.2, 0) is 25.2 Å². The number of ether oxygens (including phenoxy) is 3. The maximum absolute atomic E-state index is 12.8. The number of ketones is 1. The molecule has 0 bridgehead atoms. The van der Waals surface area contributed by atoms with E-state index in [4.69, 9.17) is 14.2 Å². The summed E-state index contributed by atoms with van der Waals surface area (Å²) >= 11 is 0. The lowest BCUT2D eigenvalue weighted by atomic mass is 10.0. The van der Waals surface area contributed by atoms with E-state index in [1.54, 1.807) is 18.2 Å². The summed E-state index contributed by atoms with van der Waals surface area (Å²) in [6, 6.07) is 13.6. The minimum absolute atomic E-state index is 0.0900. The lowest BCUT2D eigenvalue weighted by molar-refractivity contribution is -0.138. The fourth-order valence-electron chi connectivity index (χ4n) is 2.75. The molecule has 7 heteroatoms. The first-order valence-electron chi connectivity index (χ1n) is 8.15. The Kier molecular flexibility index (Phi) is 5.62. The molecule has 3 rings (SSSR count). The molecule has 142 valence electrons. The van der Waals surface area contributed by atoms with Crippen LogP contribution in [0.1, 0.15) is 22.8 Å². The largest absolute Gasteiger partial charge is 0.479 e. The molecule has 0 unspecified atom stereocenters. The van der Waals surface area contributed by atoms with E-state index in [9.17, 15) is 18.0 Å². The molecule has 1 aliphatic rings. The Bertz CT molecular complexity index is 813. The van der Waals surface area contributed by atoms with Gasteiger partial charge in [0, 0.05) is 7.11 Å². The molecule has 1 aliphatic heterocycles. The van der Waals surface area contributed by atoms with Crippen molar-refractivity contribution in [1.82, 2.24) is 0 Å². The number of hydrogen-bond acceptors (Lipinski definition) is 4. The van der Waals surface area contributed by atoms with Crippen LogP contribution >= 0.6 is 0 Å². The summed E-state index contributed by atoms with van der Waals surface area (Å²) in [6.07, 6.45) is -4.72. The summed E-state index contributed by atoms with van der Waals surface area (Å²) in [6.45, 7) is -0.143. The SMILES string of the molecule is COCO[C@@H]1C(=O)/C(=C\c2ccccc2)O[C@H]1c1ccc(C(F)(F)F)cc1. The highest BCUT2D eigenvalue weighted by atomic mass is 19.4. The van der Waals surface area contributed by atoms with Crippen molar-refractivity contribution >= 4 is 11.9 Å². The Hall–Kier alpha value is -2.64. The first-order chi connectivity index (χ1) is 12.9. The van der Waals surface area contributed by atoms with Gasteiger partial charge < -0.3 is 14.2 Å². The zero-order valence-electron chi connectivity index (χ0n) is 14.4. The third-order valence-electron chi connectivity index (χ3n) is 4.06. The molecule has 0 amide bonds. The standard InChI is InChI=1S/C20H17F3O4/c1-25-12-26-19-17(24)16(11-13-5-3-2-4-6-13)27-18(19)14-7-9-15(10-8-14)20(21,22)23/h2-11,18-19H,12H2,1H3/b16-11+/t18-,19+/m0/s1. The van der Waals surface area contributed by atoms with E-state index in [1.165, 1.54) is 19.2 Å². The average Bonchev–Trinajstić information content (AvgIpc) is 2.96. The third-order valence-corrected chi connectivity index (χ3v) is 4.06. The van der Waals surface area contributed by atoms with Gasteiger partial charge in [-0.15, -0.1) is 0 Å². The monoisotopic (exact) mass is 378 g/mol. The normalized spacial score (nSPS) is 21.5. The molecule has 4 nitrogen and oxygen atoms in total. The van der Waals surface area contributed by atoms with Crippen molar-refractivity contribution in [3.63, 3.8) is 0 Å². The van der Waals surface area contributed by atoms with E-state index in [0.29, 0.717) is 5.56 Å². The van der Waals surface area contributed by atoms with Gasteiger partial charge in [-0.05, 0) is 29.3 Å². The predicted molar refractivity (Wildman–Crippen MR) is 91.4 cm³/mol. The molecule has 27 heavy (non-hydrogen) atoms. The minimum Gasteiger partial charge on any atom is -0.479 e. The highest BCUT2D eigenvalue weighted by molar-refractivity contribution is 6.03. The van der Waals surface area contributed by atoms with E-state index < -0.39 is 23.9 Å². The van der Waals surface area contributed by atoms with Crippen molar-refractivity contribution in [3.05, 3.63) is 77.0 Å². The minimum atomic E-state index is -4.44. The number of methoxy groups -OCH3 is 1. The van der Waals surface area contributed by atoms with Crippen molar-refractivity contribution in [2.75, 3.05) is 13.9 Å². The van der Waals surface area contributed by atoms with Gasteiger partial charge in [0.05, 0.1) is 5.56 Å². The van der Waals surface area contributed by atoms with Gasteiger partial charge >= 0.3 is 6.18 Å². The smallest absolute Gasteiger partial charge is 0.416 e. The summed E-state index contributed by atoms with van der Waals surface area (Å²) in [5, 5.41) is 0. The zero-order valence-corrected chi connectivity index (χ0v) is 14.4. The van der Waals surface area contributed by atoms with Gasteiger partial charge in [-0.25, -0.2) is 0 Å². The van der Waals surface area contributed by atoms with Gasteiger partial charge in [0.25, 0.3) is 0 Å². The van der Waals surface area contributed by atoms with Crippen LogP contribution in [0, 0.1) is 0 Å². The van der Waals surface area contributed by atoms with Crippen molar-refractivity contribution in [2.24, 2.45) is 0 Å². The number of Topliss-reactive ketones (excluding diaryl/α,β-unsaturated/α-hetero) is 1. The molecule has 2 atom stereocenters. The molecule has 1 heterocycles. The molecule has 2 aromatic rings. The molecule has 0 N–H and O–H groups in total. The second-order valence-corrected chi connectivity index (χ2v) is 5.94. The Morgan fingerprint density at radius 1 is 1.07 bits per heavy atom. The summed E-state index contributed by atoms with van der Waals surface area (Å²) in [5.41, 5.74) is 0.401. The van der Waals surface area contributed by atoms with Crippen LogP contribution in [-0.4, -0.2) is 25.8 Å². The second-order valence-electron chi connectivity index (χ2n) is 5.94. The quantitative estimate of drug-likeness (QED) is 0.572. The summed E-state index contributed by atoms with van der Waals surface area (Å²) in [4.78, 5) is 12.7. The van der Waals surface area contributed by atoms with Gasteiger partial charge in [0.2, 0.25) is 5.78 Å². The van der Waals surface area contributed by atoms with Crippen LogP contribution in [0.15, 0.2) is 60.4 Å². The van der Waals surface area contributed by atoms with Crippen molar-refractivity contribution in [2.45, 2.75) is 18.4 Å². The van der Waals surface area contributed by atoms with Crippen LogP contribution in [0.25, 0.3) is 6.08 Å². The number of hydrogen-bond donors (Lipinski definition) is 0. The van der Waals surface area contributed by atoms with Crippen LogP contribution in [0.4, 0.5) is 13.2 Å². The molecule has 0 aromatic heterocycles. The highest BCUT2D eigenvalue weighted by Crippen LogP contribution is 2.37. The number of rotatable bonds is 5. The van der Waals surface area contributed by atoms with E-state index in [-0.39, 0.29) is 18.3 Å². The van der Waals surface area contributed by atoms with Gasteiger partial charge in [-0.3, -0.25) is 4.79 Å². The maximum atomic E-state index is 12.8. The summed E-state index contributed by atoms with van der Waals surface area (Å²) in [7, 11) is 1.41. The number of alkyl halides is 3. The van der Waals surface area contributed by atoms with Crippen molar-refractivity contribution in [1.29, 1.82) is 0 Å². The van der Waals surface area contributed by atoms with Crippen LogP contribution < -0.4 is 0 Å². The van der Waals surface area contributed by atoms with Gasteiger partial charge in [0.1, 0.15) is 6.79 Å². The molecule has 0 radical (unpaired) electrons. The molecule has 0 aliphatic carbocycles. The van der Waals surface area contributed by atoms with Gasteiger partial charge in [-0.1, -0.05) is 42.5 Å². The lowest BCUT2D eigenvalue weighted by Crippen LogP contribution is -2.25. The Balaban J connectivity index is 1.90. The van der Waals surface area contributed by atoms with Crippen molar-refractivity contribution < 1.29 is 32.2 Å². The van der Waals surface area contributed by atoms with Crippen molar-refractivity contribution in [3.8, 4) is 0 Å². The molecule has 1 saturated heterocycles. The molecule has 1 fully saturated rings. The number of carbonyl (C=O) groups is 1. The highest BCUT2D eigenvalue weighted by Gasteiger charge is 2.43. The van der Waals surface area contributed by atoms with Gasteiger partial charge in [0.15, 0.2) is 18.0 Å². The predicted octanol–water partition coefficient (Wildman–Crippen LogP) is 4.38. The number of halogens is 3. The van der Waals surface area contributed by atoms with E-state index in [0.717, 1.165) is 17.7 Å². The van der Waals surface area contributed by atoms with Gasteiger partial charge in [-0.2, -0.15) is 13.2 Å². The molecule has 0 spiro atoms. The Labute approximate surface area is 154 Å². The molecular formula is C20H17F3O4. The molecule has 0 saturated carbocycles. The molecule has 2 aromatic carbocycles. The zero-order chi connectivity index (χ0) is 19.4. The van der Waals surface area contributed by atoms with E-state index in [2.05, 4.69) is 0 Å². The topological polar surface area (TPSA) is 44.8 Å². The van der Waals surface area contributed by atoms with E-state index in [1.807, 2.05) is 18.2 Å². The average molecular weight is 378 g/mol. The lowest BCUT2D eigenvalue weighted by Gasteiger charge is -2.18. The Morgan fingerprint density at radius 2 is 1.74 bits per heavy atom. The summed E-state index contributed by atoms with van der Waals surface area (Å²) < 4.78 is 54.4. The fourth-order valence-corrected chi connectivity index (χ4v) is 2.75. The second kappa shape index (κ2) is 7.94. The first-order valence-corrected chi connectivity index (χ1v) is 8.15. The van der Waals surface area contributed by atoms with Crippen LogP contribution in [0.2, 0.25) is 0 Å². The maximum Gasteiger partial charge on any atom is 0.416 e. The first kappa shape index (κ1) is 19.1. The van der Waals surface area contributed by atoms with Crippen LogP contribution in [0.5, 0.6) is 0 Å². The Morgan fingerprint density at radius 3 is 2.33 bits per heavy atom. The summed E-state index contributed by atoms with van der Waals surface area (Å²) in [5.74, 6) is -0.298. The molecular weight excluding hydrogens is 361 g/mol. The van der Waals surface area contributed by atoms with E-state index >= 15 is 0 Å².